The third-order valence-corrected chi connectivity index (χ3v) is 2.81. The highest BCUT2D eigenvalue weighted by atomic mass is 16.5. The van der Waals surface area contributed by atoms with Crippen molar-refractivity contribution in [2.24, 2.45) is 0 Å². The fourth-order valence-corrected chi connectivity index (χ4v) is 1.76. The van der Waals surface area contributed by atoms with E-state index in [0.29, 0.717) is 0 Å². The zero-order valence-corrected chi connectivity index (χ0v) is 11.3. The zero-order chi connectivity index (χ0) is 13.1. The highest BCUT2D eigenvalue weighted by Gasteiger charge is 1.94. The second-order valence-corrected chi connectivity index (χ2v) is 4.42. The van der Waals surface area contributed by atoms with Crippen LogP contribution in [0.2, 0.25) is 0 Å². The number of hydrogen-bond acceptors (Lipinski definition) is 2. The minimum Gasteiger partial charge on any atom is -0.494 e. The highest BCUT2D eigenvalue weighted by Crippen LogP contribution is 2.14. The van der Waals surface area contributed by atoms with E-state index >= 15 is 0 Å². The molecular formula is C16H24O2. The molecule has 0 aliphatic heterocycles. The van der Waals surface area contributed by atoms with Crippen LogP contribution in [0.4, 0.5) is 0 Å². The van der Waals surface area contributed by atoms with Crippen molar-refractivity contribution in [3.05, 3.63) is 35.9 Å². The molecule has 0 spiro atoms. The second kappa shape index (κ2) is 9.72. The number of aliphatic hydroxyl groups is 1. The maximum absolute atomic E-state index is 8.68. The van der Waals surface area contributed by atoms with Crippen molar-refractivity contribution in [2.75, 3.05) is 13.2 Å². The largest absolute Gasteiger partial charge is 0.494 e. The van der Waals surface area contributed by atoms with Gasteiger partial charge in [0.1, 0.15) is 5.75 Å². The Morgan fingerprint density at radius 3 is 2.44 bits per heavy atom. The first-order valence-corrected chi connectivity index (χ1v) is 6.87. The van der Waals surface area contributed by atoms with Gasteiger partial charge in [0.25, 0.3) is 0 Å². The van der Waals surface area contributed by atoms with Crippen LogP contribution in [0, 0.1) is 0 Å². The van der Waals surface area contributed by atoms with Gasteiger partial charge in [0.2, 0.25) is 0 Å². The van der Waals surface area contributed by atoms with Crippen molar-refractivity contribution in [3.8, 4) is 5.75 Å². The smallest absolute Gasteiger partial charge is 0.119 e. The molecule has 1 aromatic rings. The first-order chi connectivity index (χ1) is 8.86. The van der Waals surface area contributed by atoms with Crippen LogP contribution in [0.15, 0.2) is 30.3 Å². The summed E-state index contributed by atoms with van der Waals surface area (Å²) in [6.07, 6.45) is 9.93. The lowest BCUT2D eigenvalue weighted by molar-refractivity contribution is 0.304. The Balaban J connectivity index is 2.20. The number of hydrogen-bond donors (Lipinski definition) is 1. The monoisotopic (exact) mass is 248 g/mol. The molecule has 0 atom stereocenters. The quantitative estimate of drug-likeness (QED) is 0.668. The maximum atomic E-state index is 8.68. The van der Waals surface area contributed by atoms with Crippen molar-refractivity contribution in [1.29, 1.82) is 0 Å². The van der Waals surface area contributed by atoms with Crippen molar-refractivity contribution >= 4 is 6.08 Å². The van der Waals surface area contributed by atoms with Crippen molar-refractivity contribution < 1.29 is 9.84 Å². The van der Waals surface area contributed by atoms with Crippen LogP contribution in [-0.2, 0) is 0 Å². The first kappa shape index (κ1) is 14.8. The molecular weight excluding hydrogens is 224 g/mol. The molecule has 2 heteroatoms. The van der Waals surface area contributed by atoms with Gasteiger partial charge in [-0.2, -0.15) is 0 Å². The molecule has 0 aliphatic carbocycles. The molecule has 0 saturated carbocycles. The van der Waals surface area contributed by atoms with E-state index in [4.69, 9.17) is 9.84 Å². The Hall–Kier alpha value is -1.28. The van der Waals surface area contributed by atoms with Gasteiger partial charge in [-0.1, -0.05) is 56.9 Å². The van der Waals surface area contributed by atoms with Gasteiger partial charge in [-0.15, -0.1) is 0 Å². The molecule has 1 N–H and O–H groups in total. The van der Waals surface area contributed by atoms with Gasteiger partial charge in [0.05, 0.1) is 13.2 Å². The predicted molar refractivity (Wildman–Crippen MR) is 76.8 cm³/mol. The number of benzene rings is 1. The molecule has 0 aromatic heterocycles. The minimum absolute atomic E-state index is 0.0794. The molecule has 1 aromatic carbocycles. The number of rotatable bonds is 9. The Kier molecular flexibility index (Phi) is 7.98. The normalized spacial score (nSPS) is 11.0. The van der Waals surface area contributed by atoms with E-state index < -0.39 is 0 Å². The molecule has 18 heavy (non-hydrogen) atoms. The molecule has 0 aliphatic rings. The molecule has 1 rings (SSSR count). The summed E-state index contributed by atoms with van der Waals surface area (Å²) in [4.78, 5) is 0. The van der Waals surface area contributed by atoms with E-state index in [-0.39, 0.29) is 6.61 Å². The number of unbranched alkanes of at least 4 members (excludes halogenated alkanes) is 4. The highest BCUT2D eigenvalue weighted by molar-refractivity contribution is 5.50. The summed E-state index contributed by atoms with van der Waals surface area (Å²) in [5.41, 5.74) is 1.08. The summed E-state index contributed by atoms with van der Waals surface area (Å²) in [6.45, 7) is 3.11. The van der Waals surface area contributed by atoms with Gasteiger partial charge in [0.15, 0.2) is 0 Å². The number of ether oxygens (including phenoxy) is 1. The average molecular weight is 248 g/mol. The lowest BCUT2D eigenvalue weighted by Gasteiger charge is -2.06. The topological polar surface area (TPSA) is 29.5 Å². The SMILES string of the molecule is CCCCCCCOc1ccc(C=CCO)cc1. The standard InChI is InChI=1S/C16H24O2/c1-2-3-4-5-6-14-18-16-11-9-15(10-12-16)8-7-13-17/h7-12,17H,2-6,13-14H2,1H3. The molecule has 100 valence electrons. The van der Waals surface area contributed by atoms with Crippen molar-refractivity contribution in [2.45, 2.75) is 39.0 Å². The maximum Gasteiger partial charge on any atom is 0.119 e. The molecule has 0 bridgehead atoms. The summed E-state index contributed by atoms with van der Waals surface area (Å²) < 4.78 is 5.67. The van der Waals surface area contributed by atoms with Crippen LogP contribution >= 0.6 is 0 Å². The van der Waals surface area contributed by atoms with Crippen LogP contribution in [0.25, 0.3) is 6.08 Å². The van der Waals surface area contributed by atoms with E-state index in [1.165, 1.54) is 25.7 Å². The molecule has 2 nitrogen and oxygen atoms in total. The molecule has 0 radical (unpaired) electrons. The summed E-state index contributed by atoms with van der Waals surface area (Å²) in [6, 6.07) is 7.95. The third kappa shape index (κ3) is 6.45. The van der Waals surface area contributed by atoms with Crippen molar-refractivity contribution in [1.82, 2.24) is 0 Å². The number of aliphatic hydroxyl groups excluding tert-OH is 1. The minimum atomic E-state index is 0.0794. The molecule has 0 unspecified atom stereocenters. The Labute approximate surface area is 110 Å². The average Bonchev–Trinajstić information content (AvgIpc) is 2.42. The summed E-state index contributed by atoms with van der Waals surface area (Å²) in [7, 11) is 0. The van der Waals surface area contributed by atoms with E-state index in [0.717, 1.165) is 24.3 Å². The fourth-order valence-electron chi connectivity index (χ4n) is 1.76. The van der Waals surface area contributed by atoms with E-state index in [9.17, 15) is 0 Å². The van der Waals surface area contributed by atoms with Crippen molar-refractivity contribution in [3.63, 3.8) is 0 Å². The molecule has 0 fully saturated rings. The summed E-state index contributed by atoms with van der Waals surface area (Å²) in [5.74, 6) is 0.923. The van der Waals surface area contributed by atoms with Crippen LogP contribution in [-0.4, -0.2) is 18.3 Å². The van der Waals surface area contributed by atoms with Gasteiger partial charge in [0, 0.05) is 0 Å². The van der Waals surface area contributed by atoms with Gasteiger partial charge in [-0.3, -0.25) is 0 Å². The lowest BCUT2D eigenvalue weighted by atomic mass is 10.2. The fraction of sp³-hybridized carbons (Fsp3) is 0.500. The van der Waals surface area contributed by atoms with Gasteiger partial charge in [-0.05, 0) is 24.1 Å². The second-order valence-electron chi connectivity index (χ2n) is 4.42. The van der Waals surface area contributed by atoms with Gasteiger partial charge >= 0.3 is 0 Å². The van der Waals surface area contributed by atoms with E-state index in [1.54, 1.807) is 6.08 Å². The zero-order valence-electron chi connectivity index (χ0n) is 11.3. The van der Waals surface area contributed by atoms with E-state index in [1.807, 2.05) is 30.3 Å². The Morgan fingerprint density at radius 1 is 1.06 bits per heavy atom. The summed E-state index contributed by atoms with van der Waals surface area (Å²) >= 11 is 0. The molecule has 0 heterocycles. The van der Waals surface area contributed by atoms with E-state index in [2.05, 4.69) is 6.92 Å². The Bertz CT molecular complexity index is 327. The van der Waals surface area contributed by atoms with Crippen LogP contribution in [0.3, 0.4) is 0 Å². The molecule has 0 saturated heterocycles. The first-order valence-electron chi connectivity index (χ1n) is 6.87. The Morgan fingerprint density at radius 2 is 1.78 bits per heavy atom. The summed E-state index contributed by atoms with van der Waals surface area (Å²) in [5, 5.41) is 8.68. The van der Waals surface area contributed by atoms with Crippen LogP contribution < -0.4 is 4.74 Å². The van der Waals surface area contributed by atoms with Crippen LogP contribution in [0.1, 0.15) is 44.6 Å². The molecule has 0 amide bonds. The predicted octanol–water partition coefficient (Wildman–Crippen LogP) is 4.04. The van der Waals surface area contributed by atoms with Crippen LogP contribution in [0.5, 0.6) is 5.75 Å². The van der Waals surface area contributed by atoms with Gasteiger partial charge in [-0.25, -0.2) is 0 Å². The van der Waals surface area contributed by atoms with Gasteiger partial charge < -0.3 is 9.84 Å². The lowest BCUT2D eigenvalue weighted by Crippen LogP contribution is -1.97. The third-order valence-electron chi connectivity index (χ3n) is 2.81.